The lowest BCUT2D eigenvalue weighted by Crippen LogP contribution is -2.49. The molecule has 1 nitrogen and oxygen atoms in total. The van der Waals surface area contributed by atoms with Gasteiger partial charge < -0.3 is 4.90 Å². The van der Waals surface area contributed by atoms with Crippen molar-refractivity contribution >= 4 is 0 Å². The van der Waals surface area contributed by atoms with Gasteiger partial charge in [0.1, 0.15) is 0 Å². The van der Waals surface area contributed by atoms with Crippen molar-refractivity contribution in [1.82, 2.24) is 4.90 Å². The van der Waals surface area contributed by atoms with Crippen molar-refractivity contribution in [2.75, 3.05) is 19.6 Å². The lowest BCUT2D eigenvalue weighted by molar-refractivity contribution is 0.0895. The molecule has 1 heteroatoms. The Morgan fingerprint density at radius 1 is 1.20 bits per heavy atom. The Kier molecular flexibility index (Phi) is 4.16. The molecule has 2 unspecified atom stereocenters. The van der Waals surface area contributed by atoms with Crippen molar-refractivity contribution in [3.63, 3.8) is 0 Å². The summed E-state index contributed by atoms with van der Waals surface area (Å²) in [5, 5.41) is 0. The fourth-order valence-corrected chi connectivity index (χ4v) is 4.25. The molecule has 110 valence electrons. The third-order valence-electron chi connectivity index (χ3n) is 5.61. The number of hydrogen-bond acceptors (Lipinski definition) is 1. The van der Waals surface area contributed by atoms with Gasteiger partial charge in [-0.3, -0.25) is 0 Å². The zero-order valence-electron chi connectivity index (χ0n) is 13.1. The van der Waals surface area contributed by atoms with Gasteiger partial charge in [0.25, 0.3) is 0 Å². The minimum Gasteiger partial charge on any atom is -0.303 e. The summed E-state index contributed by atoms with van der Waals surface area (Å²) in [6.07, 6.45) is 6.93. The molecule has 20 heavy (non-hydrogen) atoms. The van der Waals surface area contributed by atoms with E-state index >= 15 is 0 Å². The standard InChI is InChI=1S/C19H29N/c1-3-11-19(18-7-5-4-6-8-18)12-13-20(14-16(19)2)15-17-9-10-17/h4-8,16-17H,3,9-15H2,1-2H3. The smallest absolute Gasteiger partial charge is 0.00157 e. The lowest BCUT2D eigenvalue weighted by atomic mass is 9.64. The molecular weight excluding hydrogens is 242 g/mol. The van der Waals surface area contributed by atoms with Crippen LogP contribution in [0.25, 0.3) is 0 Å². The summed E-state index contributed by atoms with van der Waals surface area (Å²) in [5.41, 5.74) is 2.01. The van der Waals surface area contributed by atoms with E-state index in [0.29, 0.717) is 5.41 Å². The molecule has 3 rings (SSSR count). The van der Waals surface area contributed by atoms with E-state index in [4.69, 9.17) is 0 Å². The number of hydrogen-bond donors (Lipinski definition) is 0. The maximum Gasteiger partial charge on any atom is 0.00157 e. The predicted molar refractivity (Wildman–Crippen MR) is 86.0 cm³/mol. The Morgan fingerprint density at radius 3 is 2.55 bits per heavy atom. The van der Waals surface area contributed by atoms with E-state index in [1.54, 1.807) is 5.56 Å². The largest absolute Gasteiger partial charge is 0.303 e. The second-order valence-electron chi connectivity index (χ2n) is 7.13. The highest BCUT2D eigenvalue weighted by molar-refractivity contribution is 5.27. The van der Waals surface area contributed by atoms with Crippen LogP contribution in [0.3, 0.4) is 0 Å². The van der Waals surface area contributed by atoms with Crippen LogP contribution in [0.4, 0.5) is 0 Å². The molecule has 1 heterocycles. The fraction of sp³-hybridized carbons (Fsp3) is 0.684. The number of piperidine rings is 1. The monoisotopic (exact) mass is 271 g/mol. The first kappa shape index (κ1) is 14.1. The van der Waals surface area contributed by atoms with Crippen molar-refractivity contribution in [3.8, 4) is 0 Å². The Morgan fingerprint density at radius 2 is 1.95 bits per heavy atom. The van der Waals surface area contributed by atoms with Crippen LogP contribution < -0.4 is 0 Å². The van der Waals surface area contributed by atoms with Gasteiger partial charge in [0.05, 0.1) is 0 Å². The van der Waals surface area contributed by atoms with E-state index in [0.717, 1.165) is 11.8 Å². The van der Waals surface area contributed by atoms with E-state index in [-0.39, 0.29) is 0 Å². The summed E-state index contributed by atoms with van der Waals surface area (Å²) >= 11 is 0. The van der Waals surface area contributed by atoms with Crippen LogP contribution in [0.15, 0.2) is 30.3 Å². The average Bonchev–Trinajstić information content (AvgIpc) is 3.27. The molecule has 0 radical (unpaired) electrons. The van der Waals surface area contributed by atoms with Crippen molar-refractivity contribution in [2.24, 2.45) is 11.8 Å². The highest BCUT2D eigenvalue weighted by Gasteiger charge is 2.41. The molecule has 0 spiro atoms. The molecule has 2 aliphatic rings. The minimum absolute atomic E-state index is 0.427. The van der Waals surface area contributed by atoms with Gasteiger partial charge in [0.2, 0.25) is 0 Å². The first-order valence-corrected chi connectivity index (χ1v) is 8.52. The summed E-state index contributed by atoms with van der Waals surface area (Å²) in [5.74, 6) is 1.80. The van der Waals surface area contributed by atoms with E-state index in [2.05, 4.69) is 49.1 Å². The molecule has 1 aromatic carbocycles. The molecule has 0 bridgehead atoms. The summed E-state index contributed by atoms with van der Waals surface area (Å²) < 4.78 is 0. The van der Waals surface area contributed by atoms with Crippen LogP contribution in [0.2, 0.25) is 0 Å². The van der Waals surface area contributed by atoms with Crippen LogP contribution in [0.1, 0.15) is 51.5 Å². The van der Waals surface area contributed by atoms with Crippen LogP contribution in [-0.2, 0) is 5.41 Å². The number of benzene rings is 1. The second kappa shape index (κ2) is 5.89. The van der Waals surface area contributed by atoms with Gasteiger partial charge in [-0.05, 0) is 49.6 Å². The van der Waals surface area contributed by atoms with Crippen LogP contribution in [0.5, 0.6) is 0 Å². The Labute approximate surface area is 124 Å². The van der Waals surface area contributed by atoms with E-state index in [1.807, 2.05) is 0 Å². The van der Waals surface area contributed by atoms with E-state index in [9.17, 15) is 0 Å². The summed E-state index contributed by atoms with van der Waals surface area (Å²) in [7, 11) is 0. The van der Waals surface area contributed by atoms with Crippen molar-refractivity contribution in [3.05, 3.63) is 35.9 Å². The third-order valence-corrected chi connectivity index (χ3v) is 5.61. The predicted octanol–water partition coefficient (Wildman–Crippen LogP) is 4.48. The molecule has 1 aliphatic heterocycles. The third kappa shape index (κ3) is 2.79. The van der Waals surface area contributed by atoms with Crippen LogP contribution in [-0.4, -0.2) is 24.5 Å². The Bertz CT molecular complexity index is 423. The molecule has 1 saturated carbocycles. The maximum atomic E-state index is 2.74. The number of likely N-dealkylation sites (tertiary alicyclic amines) is 1. The van der Waals surface area contributed by atoms with Gasteiger partial charge in [-0.15, -0.1) is 0 Å². The topological polar surface area (TPSA) is 3.24 Å². The van der Waals surface area contributed by atoms with E-state index in [1.165, 1.54) is 51.7 Å². The summed E-state index contributed by atoms with van der Waals surface area (Å²) in [6.45, 7) is 8.79. The van der Waals surface area contributed by atoms with Crippen molar-refractivity contribution in [1.29, 1.82) is 0 Å². The minimum atomic E-state index is 0.427. The van der Waals surface area contributed by atoms with Crippen LogP contribution in [0, 0.1) is 11.8 Å². The molecule has 0 amide bonds. The molecule has 0 aromatic heterocycles. The summed E-state index contributed by atoms with van der Waals surface area (Å²) in [6, 6.07) is 11.3. The Balaban J connectivity index is 1.77. The highest BCUT2D eigenvalue weighted by Crippen LogP contribution is 2.44. The van der Waals surface area contributed by atoms with Gasteiger partial charge in [0.15, 0.2) is 0 Å². The first-order valence-electron chi connectivity index (χ1n) is 8.52. The van der Waals surface area contributed by atoms with Gasteiger partial charge in [-0.2, -0.15) is 0 Å². The normalized spacial score (nSPS) is 31.4. The lowest BCUT2D eigenvalue weighted by Gasteiger charge is -2.47. The average molecular weight is 271 g/mol. The van der Waals surface area contributed by atoms with Crippen molar-refractivity contribution < 1.29 is 0 Å². The first-order chi connectivity index (χ1) is 9.74. The zero-order valence-corrected chi connectivity index (χ0v) is 13.1. The maximum absolute atomic E-state index is 2.74. The Hall–Kier alpha value is -0.820. The number of nitrogens with zero attached hydrogens (tertiary/aromatic N) is 1. The number of rotatable bonds is 5. The quantitative estimate of drug-likeness (QED) is 0.763. The van der Waals surface area contributed by atoms with Gasteiger partial charge >= 0.3 is 0 Å². The van der Waals surface area contributed by atoms with E-state index < -0.39 is 0 Å². The molecule has 1 saturated heterocycles. The van der Waals surface area contributed by atoms with Gasteiger partial charge in [-0.25, -0.2) is 0 Å². The molecule has 1 aliphatic carbocycles. The van der Waals surface area contributed by atoms with Gasteiger partial charge in [-0.1, -0.05) is 50.6 Å². The molecule has 2 atom stereocenters. The summed E-state index contributed by atoms with van der Waals surface area (Å²) in [4.78, 5) is 2.74. The molecule has 1 aromatic rings. The van der Waals surface area contributed by atoms with Gasteiger partial charge in [0, 0.05) is 18.5 Å². The van der Waals surface area contributed by atoms with Crippen molar-refractivity contribution in [2.45, 2.75) is 51.4 Å². The molecule has 2 fully saturated rings. The van der Waals surface area contributed by atoms with Crippen LogP contribution >= 0.6 is 0 Å². The molecular formula is C19H29N. The fourth-order valence-electron chi connectivity index (χ4n) is 4.25. The zero-order chi connectivity index (χ0) is 14.0. The SMILES string of the molecule is CCCC1(c2ccccc2)CCN(CC2CC2)CC1C. The molecule has 0 N–H and O–H groups in total. The highest BCUT2D eigenvalue weighted by atomic mass is 15.1. The second-order valence-corrected chi connectivity index (χ2v) is 7.13.